The van der Waals surface area contributed by atoms with E-state index in [1.807, 2.05) is 0 Å². The standard InChI is InChI=1S/C64H43N/c1-3-16-49(17-4-1)63-61-25-12-11-24-59(61)60-39-35-55(43-62(60)64(63)50-18-5-2-6-19-50)53-22-13-23-57(42-53)65(58-38-34-45-15-8-10-21-52(45)41-58)56-36-32-47(33-37-56)46-26-28-48(29-27-46)54-31-30-44-14-7-9-20-51(44)40-54/h1-43H. The van der Waals surface area contributed by atoms with Crippen LogP contribution in [0.5, 0.6) is 0 Å². The zero-order valence-electron chi connectivity index (χ0n) is 35.8. The summed E-state index contributed by atoms with van der Waals surface area (Å²) in [5.74, 6) is 0. The van der Waals surface area contributed by atoms with Gasteiger partial charge in [0, 0.05) is 17.1 Å². The van der Waals surface area contributed by atoms with Gasteiger partial charge in [-0.3, -0.25) is 0 Å². The molecule has 12 aromatic rings. The highest BCUT2D eigenvalue weighted by molar-refractivity contribution is 6.22. The number of fused-ring (bicyclic) bond motifs is 5. The van der Waals surface area contributed by atoms with Crippen LogP contribution in [-0.2, 0) is 0 Å². The molecule has 0 aliphatic carbocycles. The molecule has 0 spiro atoms. The van der Waals surface area contributed by atoms with Crippen LogP contribution in [0.2, 0.25) is 0 Å². The molecule has 0 saturated heterocycles. The monoisotopic (exact) mass is 825 g/mol. The summed E-state index contributed by atoms with van der Waals surface area (Å²) in [6.07, 6.45) is 0. The Bertz CT molecular complexity index is 3680. The van der Waals surface area contributed by atoms with Crippen LogP contribution in [-0.4, -0.2) is 0 Å². The van der Waals surface area contributed by atoms with E-state index in [2.05, 4.69) is 266 Å². The van der Waals surface area contributed by atoms with Gasteiger partial charge < -0.3 is 4.90 Å². The molecule has 0 bridgehead atoms. The second kappa shape index (κ2) is 16.3. The lowest BCUT2D eigenvalue weighted by Crippen LogP contribution is -2.10. The number of nitrogens with zero attached hydrogens (tertiary/aromatic N) is 1. The normalized spacial score (nSPS) is 11.4. The zero-order chi connectivity index (χ0) is 43.1. The molecule has 0 atom stereocenters. The van der Waals surface area contributed by atoms with Gasteiger partial charge in [0.25, 0.3) is 0 Å². The molecule has 1 nitrogen and oxygen atoms in total. The van der Waals surface area contributed by atoms with Gasteiger partial charge >= 0.3 is 0 Å². The molecule has 0 amide bonds. The van der Waals surface area contributed by atoms with Crippen molar-refractivity contribution in [2.75, 3.05) is 4.90 Å². The molecule has 304 valence electrons. The van der Waals surface area contributed by atoms with Crippen LogP contribution in [0.1, 0.15) is 0 Å². The average Bonchev–Trinajstić information content (AvgIpc) is 3.39. The molecule has 0 unspecified atom stereocenters. The lowest BCUT2D eigenvalue weighted by atomic mass is 9.84. The molecule has 0 N–H and O–H groups in total. The van der Waals surface area contributed by atoms with Gasteiger partial charge in [-0.1, -0.05) is 212 Å². The summed E-state index contributed by atoms with van der Waals surface area (Å²) < 4.78 is 0. The predicted molar refractivity (Wildman–Crippen MR) is 278 cm³/mol. The predicted octanol–water partition coefficient (Wildman–Crippen LogP) is 18.1. The second-order valence-electron chi connectivity index (χ2n) is 16.9. The zero-order valence-corrected chi connectivity index (χ0v) is 35.8. The van der Waals surface area contributed by atoms with E-state index in [-0.39, 0.29) is 0 Å². The molecule has 12 rings (SSSR count). The van der Waals surface area contributed by atoms with E-state index in [0.717, 1.165) is 22.6 Å². The van der Waals surface area contributed by atoms with E-state index >= 15 is 0 Å². The molecule has 0 fully saturated rings. The molecule has 0 heterocycles. The highest BCUT2D eigenvalue weighted by Gasteiger charge is 2.19. The number of anilines is 3. The Labute approximate surface area is 379 Å². The van der Waals surface area contributed by atoms with Crippen molar-refractivity contribution in [1.29, 1.82) is 0 Å². The van der Waals surface area contributed by atoms with E-state index in [1.165, 1.54) is 93.2 Å². The van der Waals surface area contributed by atoms with Crippen LogP contribution in [0.3, 0.4) is 0 Å². The second-order valence-corrected chi connectivity index (χ2v) is 16.9. The summed E-state index contributed by atoms with van der Waals surface area (Å²) in [5.41, 5.74) is 15.4. The third-order valence-corrected chi connectivity index (χ3v) is 13.0. The first-order chi connectivity index (χ1) is 32.2. The highest BCUT2D eigenvalue weighted by atomic mass is 15.1. The number of benzene rings is 12. The Hall–Kier alpha value is -8.52. The maximum Gasteiger partial charge on any atom is 0.0468 e. The van der Waals surface area contributed by atoms with E-state index < -0.39 is 0 Å². The maximum atomic E-state index is 2.41. The fraction of sp³-hybridized carbons (Fsp3) is 0. The lowest BCUT2D eigenvalue weighted by molar-refractivity contribution is 1.29. The van der Waals surface area contributed by atoms with Gasteiger partial charge in [0.15, 0.2) is 0 Å². The molecule has 0 aliphatic heterocycles. The summed E-state index contributed by atoms with van der Waals surface area (Å²) in [7, 11) is 0. The van der Waals surface area contributed by atoms with E-state index in [9.17, 15) is 0 Å². The molecule has 0 aromatic heterocycles. The summed E-state index contributed by atoms with van der Waals surface area (Å²) >= 11 is 0. The fourth-order valence-corrected chi connectivity index (χ4v) is 9.79. The van der Waals surface area contributed by atoms with Crippen LogP contribution < -0.4 is 4.90 Å². The Morgan fingerprint density at radius 1 is 0.185 bits per heavy atom. The van der Waals surface area contributed by atoms with Crippen molar-refractivity contribution in [1.82, 2.24) is 0 Å². The first-order valence-electron chi connectivity index (χ1n) is 22.4. The number of rotatable bonds is 8. The first kappa shape index (κ1) is 38.2. The van der Waals surface area contributed by atoms with Crippen LogP contribution in [0, 0.1) is 0 Å². The van der Waals surface area contributed by atoms with E-state index in [1.54, 1.807) is 0 Å². The molecular weight excluding hydrogens is 783 g/mol. The Morgan fingerprint density at radius 3 is 1.28 bits per heavy atom. The van der Waals surface area contributed by atoms with Crippen molar-refractivity contribution in [2.45, 2.75) is 0 Å². The van der Waals surface area contributed by atoms with Crippen molar-refractivity contribution < 1.29 is 0 Å². The highest BCUT2D eigenvalue weighted by Crippen LogP contribution is 2.46. The fourth-order valence-electron chi connectivity index (χ4n) is 9.79. The molecular formula is C64H43N. The van der Waals surface area contributed by atoms with Crippen LogP contribution in [0.4, 0.5) is 17.1 Å². The van der Waals surface area contributed by atoms with Gasteiger partial charge in [-0.25, -0.2) is 0 Å². The Morgan fingerprint density at radius 2 is 0.600 bits per heavy atom. The molecule has 0 saturated carbocycles. The SMILES string of the molecule is c1ccc(-c2c(-c3ccccc3)c3cc(-c4cccc(N(c5ccc(-c6ccc(-c7ccc8ccccc8c7)cc6)cc5)c5ccc6ccccc6c5)c4)ccc3c3ccccc23)cc1. The third kappa shape index (κ3) is 7.10. The molecule has 65 heavy (non-hydrogen) atoms. The van der Waals surface area contributed by atoms with Gasteiger partial charge in [-0.2, -0.15) is 0 Å². The van der Waals surface area contributed by atoms with Gasteiger partial charge in [-0.15, -0.1) is 0 Å². The van der Waals surface area contributed by atoms with Crippen LogP contribution in [0.15, 0.2) is 261 Å². The quantitative estimate of drug-likeness (QED) is 0.138. The van der Waals surface area contributed by atoms with Crippen molar-refractivity contribution in [3.8, 4) is 55.6 Å². The van der Waals surface area contributed by atoms with Crippen LogP contribution in [0.25, 0.3) is 98.7 Å². The van der Waals surface area contributed by atoms with Crippen molar-refractivity contribution in [2.24, 2.45) is 0 Å². The smallest absolute Gasteiger partial charge is 0.0468 e. The Kier molecular flexibility index (Phi) is 9.58. The minimum Gasteiger partial charge on any atom is -0.310 e. The largest absolute Gasteiger partial charge is 0.310 e. The minimum absolute atomic E-state index is 1.09. The van der Waals surface area contributed by atoms with E-state index in [0.29, 0.717) is 0 Å². The molecule has 0 aliphatic rings. The average molecular weight is 826 g/mol. The molecule has 1 heteroatoms. The topological polar surface area (TPSA) is 3.24 Å². The van der Waals surface area contributed by atoms with Gasteiger partial charge in [0.05, 0.1) is 0 Å². The summed E-state index contributed by atoms with van der Waals surface area (Å²) in [4.78, 5) is 2.39. The van der Waals surface area contributed by atoms with Crippen LogP contribution >= 0.6 is 0 Å². The van der Waals surface area contributed by atoms with Crippen molar-refractivity contribution >= 4 is 60.2 Å². The van der Waals surface area contributed by atoms with Crippen molar-refractivity contribution in [3.63, 3.8) is 0 Å². The van der Waals surface area contributed by atoms with Crippen molar-refractivity contribution in [3.05, 3.63) is 261 Å². The van der Waals surface area contributed by atoms with Gasteiger partial charge in [0.2, 0.25) is 0 Å². The summed E-state index contributed by atoms with van der Waals surface area (Å²) in [6, 6.07) is 95.3. The minimum atomic E-state index is 1.09. The first-order valence-corrected chi connectivity index (χ1v) is 22.4. The lowest BCUT2D eigenvalue weighted by Gasteiger charge is -2.27. The third-order valence-electron chi connectivity index (χ3n) is 13.0. The van der Waals surface area contributed by atoms with Gasteiger partial charge in [0.1, 0.15) is 0 Å². The molecule has 12 aromatic carbocycles. The van der Waals surface area contributed by atoms with E-state index in [4.69, 9.17) is 0 Å². The van der Waals surface area contributed by atoms with Gasteiger partial charge in [-0.05, 0) is 147 Å². The number of hydrogen-bond donors (Lipinski definition) is 0. The summed E-state index contributed by atoms with van der Waals surface area (Å²) in [6.45, 7) is 0. The number of hydrogen-bond acceptors (Lipinski definition) is 1. The summed E-state index contributed by atoms with van der Waals surface area (Å²) in [5, 5.41) is 9.95. The molecule has 0 radical (unpaired) electrons. The maximum absolute atomic E-state index is 2.41. The Balaban J connectivity index is 0.962.